The molecule has 0 spiro atoms. The number of benzene rings is 1. The molecular weight excluding hydrogens is 370 g/mol. The van der Waals surface area contributed by atoms with Crippen molar-refractivity contribution in [3.63, 3.8) is 0 Å². The number of nitrogens with one attached hydrogen (secondary N) is 1. The van der Waals surface area contributed by atoms with Gasteiger partial charge in [0.2, 0.25) is 0 Å². The van der Waals surface area contributed by atoms with Crippen molar-refractivity contribution in [2.75, 3.05) is 18.9 Å². The van der Waals surface area contributed by atoms with E-state index >= 15 is 0 Å². The van der Waals surface area contributed by atoms with Crippen LogP contribution < -0.4 is 11.1 Å². The third-order valence-corrected chi connectivity index (χ3v) is 4.92. The lowest BCUT2D eigenvalue weighted by molar-refractivity contribution is 0.0496. The van der Waals surface area contributed by atoms with Gasteiger partial charge in [0.15, 0.2) is 5.82 Å². The van der Waals surface area contributed by atoms with Crippen LogP contribution in [-0.2, 0) is 16.1 Å². The molecule has 2 aromatic heterocycles. The summed E-state index contributed by atoms with van der Waals surface area (Å²) in [5, 5.41) is 3.85. The highest BCUT2D eigenvalue weighted by Crippen LogP contribution is 2.34. The SMILES string of the molecule is CC(C)(C)OC(=O)NCCC[C@H]1COCc2nc3c(N)nc4ccccc4c3n21. The van der Waals surface area contributed by atoms with Gasteiger partial charge in [0.1, 0.15) is 23.5 Å². The molecule has 8 heteroatoms. The summed E-state index contributed by atoms with van der Waals surface area (Å²) < 4.78 is 13.3. The molecule has 0 fully saturated rings. The van der Waals surface area contributed by atoms with Gasteiger partial charge in [0.05, 0.1) is 23.7 Å². The van der Waals surface area contributed by atoms with E-state index in [-0.39, 0.29) is 6.04 Å². The lowest BCUT2D eigenvalue weighted by atomic mass is 10.1. The average Bonchev–Trinajstić information content (AvgIpc) is 3.05. The monoisotopic (exact) mass is 397 g/mol. The fraction of sp³-hybridized carbons (Fsp3) is 0.476. The predicted octanol–water partition coefficient (Wildman–Crippen LogP) is 3.54. The molecule has 1 aromatic carbocycles. The number of amides is 1. The zero-order valence-corrected chi connectivity index (χ0v) is 17.1. The van der Waals surface area contributed by atoms with Crippen LogP contribution in [0.15, 0.2) is 24.3 Å². The summed E-state index contributed by atoms with van der Waals surface area (Å²) in [6, 6.07) is 8.09. The highest BCUT2D eigenvalue weighted by atomic mass is 16.6. The van der Waals surface area contributed by atoms with Crippen molar-refractivity contribution in [1.29, 1.82) is 0 Å². The molecule has 3 heterocycles. The Hall–Kier alpha value is -2.87. The van der Waals surface area contributed by atoms with Gasteiger partial charge in [-0.1, -0.05) is 18.2 Å². The molecule has 0 aliphatic carbocycles. The van der Waals surface area contributed by atoms with E-state index in [1.165, 1.54) is 0 Å². The van der Waals surface area contributed by atoms with Crippen LogP contribution in [0.4, 0.5) is 10.6 Å². The fourth-order valence-corrected chi connectivity index (χ4v) is 3.78. The van der Waals surface area contributed by atoms with Crippen molar-refractivity contribution in [1.82, 2.24) is 19.9 Å². The van der Waals surface area contributed by atoms with E-state index in [0.29, 0.717) is 25.6 Å². The van der Waals surface area contributed by atoms with Crippen LogP contribution in [0.1, 0.15) is 45.5 Å². The molecule has 154 valence electrons. The Labute approximate surface area is 169 Å². The lowest BCUT2D eigenvalue weighted by Gasteiger charge is -2.26. The Bertz CT molecular complexity index is 1050. The van der Waals surface area contributed by atoms with Crippen molar-refractivity contribution in [2.45, 2.75) is 51.9 Å². The van der Waals surface area contributed by atoms with Crippen LogP contribution >= 0.6 is 0 Å². The molecule has 0 saturated heterocycles. The van der Waals surface area contributed by atoms with E-state index in [4.69, 9.17) is 20.2 Å². The maximum atomic E-state index is 11.8. The maximum Gasteiger partial charge on any atom is 0.407 e. The largest absolute Gasteiger partial charge is 0.444 e. The van der Waals surface area contributed by atoms with Gasteiger partial charge in [0, 0.05) is 11.9 Å². The Balaban J connectivity index is 1.55. The number of aromatic nitrogens is 3. The number of imidazole rings is 1. The Morgan fingerprint density at radius 2 is 2.14 bits per heavy atom. The number of ether oxygens (including phenoxy) is 2. The van der Waals surface area contributed by atoms with E-state index in [1.807, 2.05) is 39.0 Å². The molecule has 4 rings (SSSR count). The number of carbonyl (C=O) groups excluding carboxylic acids is 1. The highest BCUT2D eigenvalue weighted by Gasteiger charge is 2.26. The van der Waals surface area contributed by atoms with E-state index < -0.39 is 11.7 Å². The molecule has 1 atom stereocenters. The van der Waals surface area contributed by atoms with Crippen molar-refractivity contribution in [2.24, 2.45) is 0 Å². The van der Waals surface area contributed by atoms with Crippen LogP contribution in [0, 0.1) is 0 Å². The van der Waals surface area contributed by atoms with Crippen LogP contribution in [0.3, 0.4) is 0 Å². The molecule has 29 heavy (non-hydrogen) atoms. The lowest BCUT2D eigenvalue weighted by Crippen LogP contribution is -2.33. The van der Waals surface area contributed by atoms with Gasteiger partial charge in [-0.25, -0.2) is 14.8 Å². The summed E-state index contributed by atoms with van der Waals surface area (Å²) in [7, 11) is 0. The topological polar surface area (TPSA) is 104 Å². The van der Waals surface area contributed by atoms with Crippen molar-refractivity contribution in [3.05, 3.63) is 30.1 Å². The Morgan fingerprint density at radius 1 is 1.34 bits per heavy atom. The summed E-state index contributed by atoms with van der Waals surface area (Å²) in [6.07, 6.45) is 1.24. The zero-order valence-electron chi connectivity index (χ0n) is 17.1. The molecule has 1 aliphatic heterocycles. The fourth-order valence-electron chi connectivity index (χ4n) is 3.78. The quantitative estimate of drug-likeness (QED) is 0.653. The maximum absolute atomic E-state index is 11.8. The molecule has 1 amide bonds. The minimum atomic E-state index is -0.499. The number of alkyl carbamates (subject to hydrolysis) is 1. The number of carbonyl (C=O) groups is 1. The normalized spacial score (nSPS) is 16.7. The second-order valence-electron chi connectivity index (χ2n) is 8.35. The summed E-state index contributed by atoms with van der Waals surface area (Å²) in [5.74, 6) is 1.30. The van der Waals surface area contributed by atoms with Gasteiger partial charge in [-0.15, -0.1) is 0 Å². The van der Waals surface area contributed by atoms with E-state index in [0.717, 1.165) is 40.6 Å². The summed E-state index contributed by atoms with van der Waals surface area (Å²) in [6.45, 7) is 7.14. The molecule has 0 saturated carbocycles. The molecule has 3 N–H and O–H groups in total. The Kier molecular flexibility index (Phi) is 5.04. The number of nitrogens with two attached hydrogens (primary N) is 1. The van der Waals surface area contributed by atoms with Gasteiger partial charge < -0.3 is 25.1 Å². The molecule has 1 aliphatic rings. The van der Waals surface area contributed by atoms with Crippen LogP contribution in [0.25, 0.3) is 21.9 Å². The van der Waals surface area contributed by atoms with Gasteiger partial charge in [-0.2, -0.15) is 0 Å². The zero-order chi connectivity index (χ0) is 20.6. The number of fused-ring (bicyclic) bond motifs is 5. The first-order valence-electron chi connectivity index (χ1n) is 9.93. The number of nitrogen functional groups attached to an aromatic ring is 1. The first-order valence-corrected chi connectivity index (χ1v) is 9.93. The Morgan fingerprint density at radius 3 is 2.93 bits per heavy atom. The van der Waals surface area contributed by atoms with Crippen molar-refractivity contribution < 1.29 is 14.3 Å². The molecule has 0 bridgehead atoms. The molecule has 3 aromatic rings. The molecule has 0 unspecified atom stereocenters. The number of rotatable bonds is 4. The number of nitrogens with zero attached hydrogens (tertiary/aromatic N) is 3. The van der Waals surface area contributed by atoms with Crippen LogP contribution in [-0.4, -0.2) is 39.4 Å². The number of pyridine rings is 1. The smallest absolute Gasteiger partial charge is 0.407 e. The van der Waals surface area contributed by atoms with Gasteiger partial charge >= 0.3 is 6.09 Å². The van der Waals surface area contributed by atoms with E-state index in [9.17, 15) is 4.79 Å². The third-order valence-electron chi connectivity index (χ3n) is 4.92. The average molecular weight is 397 g/mol. The van der Waals surface area contributed by atoms with Crippen molar-refractivity contribution >= 4 is 33.8 Å². The summed E-state index contributed by atoms with van der Waals surface area (Å²) in [4.78, 5) is 21.0. The molecule has 0 radical (unpaired) electrons. The van der Waals surface area contributed by atoms with E-state index in [1.54, 1.807) is 0 Å². The molecular formula is C21H27N5O3. The number of hydrogen-bond acceptors (Lipinski definition) is 6. The van der Waals surface area contributed by atoms with Gasteiger partial charge in [-0.3, -0.25) is 0 Å². The second-order valence-corrected chi connectivity index (χ2v) is 8.35. The number of anilines is 1. The van der Waals surface area contributed by atoms with Crippen molar-refractivity contribution in [3.8, 4) is 0 Å². The summed E-state index contributed by atoms with van der Waals surface area (Å²) in [5.41, 5.74) is 8.29. The molecule has 8 nitrogen and oxygen atoms in total. The van der Waals surface area contributed by atoms with Crippen LogP contribution in [0.2, 0.25) is 0 Å². The number of hydrogen-bond donors (Lipinski definition) is 2. The van der Waals surface area contributed by atoms with Gasteiger partial charge in [0.25, 0.3) is 0 Å². The summed E-state index contributed by atoms with van der Waals surface area (Å²) >= 11 is 0. The minimum Gasteiger partial charge on any atom is -0.444 e. The minimum absolute atomic E-state index is 0.120. The highest BCUT2D eigenvalue weighted by molar-refractivity contribution is 6.06. The third kappa shape index (κ3) is 3.98. The second kappa shape index (κ2) is 7.51. The predicted molar refractivity (Wildman–Crippen MR) is 112 cm³/mol. The number of para-hydroxylation sites is 1. The standard InChI is InChI=1S/C21H27N5O3/c1-21(2,3)29-20(27)23-10-6-7-13-11-28-12-16-25-17-18(26(13)16)14-8-4-5-9-15(14)24-19(17)22/h4-5,8-9,13H,6-7,10-12H2,1-3H3,(H2,22,24)(H,23,27)/t13-/m0/s1. The first-order chi connectivity index (χ1) is 13.8. The van der Waals surface area contributed by atoms with Crippen LogP contribution in [0.5, 0.6) is 0 Å². The van der Waals surface area contributed by atoms with Gasteiger partial charge in [-0.05, 0) is 39.7 Å². The van der Waals surface area contributed by atoms with E-state index in [2.05, 4.69) is 20.9 Å². The first kappa shape index (κ1) is 19.4.